The van der Waals surface area contributed by atoms with Crippen molar-refractivity contribution in [1.82, 2.24) is 0 Å². The minimum Gasteiger partial charge on any atom is -0.115 e. The molecule has 2 heteroatoms. The van der Waals surface area contributed by atoms with Gasteiger partial charge in [-0.05, 0) is 37.8 Å². The quantitative estimate of drug-likeness (QED) is 0.691. The predicted octanol–water partition coefficient (Wildman–Crippen LogP) is 4.20. The Kier molecular flexibility index (Phi) is 2.11. The largest absolute Gasteiger partial charge is 0.115 e. The van der Waals surface area contributed by atoms with Gasteiger partial charge in [-0.2, -0.15) is 0 Å². The number of rotatable bonds is 1. The van der Waals surface area contributed by atoms with E-state index in [1.165, 1.54) is 4.90 Å². The molecule has 1 aromatic rings. The molecule has 0 saturated carbocycles. The maximum Gasteiger partial charge on any atom is 0.00671 e. The molecule has 0 spiro atoms. The topological polar surface area (TPSA) is 0 Å². The van der Waals surface area contributed by atoms with Crippen LogP contribution in [0.25, 0.3) is 0 Å². The molecule has 62 valence electrons. The van der Waals surface area contributed by atoms with Gasteiger partial charge in [0.1, 0.15) is 0 Å². The summed E-state index contributed by atoms with van der Waals surface area (Å²) in [5.74, 6) is 0. The Balaban J connectivity index is 2.43. The highest BCUT2D eigenvalue weighted by Crippen LogP contribution is 2.66. The Morgan fingerprint density at radius 1 is 0.917 bits per heavy atom. The van der Waals surface area contributed by atoms with Crippen molar-refractivity contribution in [2.24, 2.45) is 0 Å². The van der Waals surface area contributed by atoms with E-state index in [4.69, 9.17) is 0 Å². The minimum atomic E-state index is -0.931. The first-order valence-electron chi connectivity index (χ1n) is 3.74. The first-order valence-corrected chi connectivity index (χ1v) is 7.34. The molecule has 1 aromatic carbocycles. The summed E-state index contributed by atoms with van der Waals surface area (Å²) in [4.78, 5) is 1.36. The summed E-state index contributed by atoms with van der Waals surface area (Å²) in [5, 5.41) is 4.45. The standard InChI is InChI=1S/C10H9BrS/c11-12(8-4-5-9-12)10-6-2-1-3-7-10/h1-9H. The lowest BCUT2D eigenvalue weighted by Gasteiger charge is -2.23. The number of allylic oxidation sites excluding steroid dienone is 2. The Morgan fingerprint density at radius 3 is 2.08 bits per heavy atom. The van der Waals surface area contributed by atoms with E-state index in [1.54, 1.807) is 0 Å². The van der Waals surface area contributed by atoms with Crippen molar-refractivity contribution in [2.45, 2.75) is 4.90 Å². The van der Waals surface area contributed by atoms with Crippen LogP contribution in [0.5, 0.6) is 0 Å². The minimum absolute atomic E-state index is 0.931. The summed E-state index contributed by atoms with van der Waals surface area (Å²) in [5.41, 5.74) is 0. The van der Waals surface area contributed by atoms with E-state index in [0.29, 0.717) is 0 Å². The Labute approximate surface area is 81.5 Å². The van der Waals surface area contributed by atoms with E-state index in [9.17, 15) is 0 Å². The molecule has 2 rings (SSSR count). The van der Waals surface area contributed by atoms with Crippen molar-refractivity contribution in [3.63, 3.8) is 0 Å². The average molecular weight is 241 g/mol. The molecule has 0 unspecified atom stereocenters. The van der Waals surface area contributed by atoms with Crippen LogP contribution in [0.4, 0.5) is 0 Å². The molecule has 0 nitrogen and oxygen atoms in total. The maximum atomic E-state index is 3.76. The molecule has 12 heavy (non-hydrogen) atoms. The lowest BCUT2D eigenvalue weighted by atomic mass is 10.4. The van der Waals surface area contributed by atoms with Crippen LogP contribution in [0.1, 0.15) is 0 Å². The van der Waals surface area contributed by atoms with Gasteiger partial charge in [0.2, 0.25) is 0 Å². The zero-order valence-electron chi connectivity index (χ0n) is 6.48. The molecular weight excluding hydrogens is 232 g/mol. The SMILES string of the molecule is BrS1(c2ccccc2)C=CC=C1. The number of benzene rings is 1. The van der Waals surface area contributed by atoms with Gasteiger partial charge in [0, 0.05) is 4.90 Å². The summed E-state index contributed by atoms with van der Waals surface area (Å²) in [6.45, 7) is 0. The van der Waals surface area contributed by atoms with Gasteiger partial charge in [-0.25, -0.2) is 0 Å². The Hall–Kier alpha value is -0.470. The molecule has 1 aliphatic rings. The molecule has 0 atom stereocenters. The highest BCUT2D eigenvalue weighted by Gasteiger charge is 2.17. The third kappa shape index (κ3) is 1.37. The highest BCUT2D eigenvalue weighted by molar-refractivity contribution is 9.59. The summed E-state index contributed by atoms with van der Waals surface area (Å²) >= 11 is 3.76. The van der Waals surface area contributed by atoms with Gasteiger partial charge in [0.15, 0.2) is 0 Å². The van der Waals surface area contributed by atoms with E-state index in [0.717, 1.165) is 0 Å². The average Bonchev–Trinajstić information content (AvgIpc) is 2.55. The normalized spacial score (nSPS) is 21.1. The van der Waals surface area contributed by atoms with Crippen LogP contribution in [0.3, 0.4) is 0 Å². The van der Waals surface area contributed by atoms with Gasteiger partial charge in [-0.1, -0.05) is 30.4 Å². The summed E-state index contributed by atoms with van der Waals surface area (Å²) in [6.07, 6.45) is 4.19. The van der Waals surface area contributed by atoms with Gasteiger partial charge < -0.3 is 0 Å². The fraction of sp³-hybridized carbons (Fsp3) is 0. The monoisotopic (exact) mass is 240 g/mol. The van der Waals surface area contributed by atoms with Crippen molar-refractivity contribution in [1.29, 1.82) is 0 Å². The fourth-order valence-electron chi connectivity index (χ4n) is 1.15. The Morgan fingerprint density at radius 2 is 1.50 bits per heavy atom. The zero-order chi connectivity index (χ0) is 8.44. The van der Waals surface area contributed by atoms with Crippen LogP contribution in [0.15, 0.2) is 58.2 Å². The van der Waals surface area contributed by atoms with Crippen LogP contribution in [-0.2, 0) is 0 Å². The molecule has 0 bridgehead atoms. The van der Waals surface area contributed by atoms with E-state index < -0.39 is 8.46 Å². The molecule has 0 aliphatic carbocycles. The molecule has 1 aliphatic heterocycles. The second-order valence-corrected chi connectivity index (χ2v) is 8.08. The van der Waals surface area contributed by atoms with Crippen LogP contribution < -0.4 is 0 Å². The molecule has 0 radical (unpaired) electrons. The summed E-state index contributed by atoms with van der Waals surface area (Å²) in [7, 11) is -0.931. The van der Waals surface area contributed by atoms with Gasteiger partial charge in [-0.15, -0.1) is 8.46 Å². The summed E-state index contributed by atoms with van der Waals surface area (Å²) in [6, 6.07) is 10.5. The van der Waals surface area contributed by atoms with Crippen molar-refractivity contribution >= 4 is 23.3 Å². The van der Waals surface area contributed by atoms with E-state index in [1.807, 2.05) is 6.07 Å². The van der Waals surface area contributed by atoms with E-state index >= 15 is 0 Å². The van der Waals surface area contributed by atoms with E-state index in [-0.39, 0.29) is 0 Å². The van der Waals surface area contributed by atoms with Crippen LogP contribution in [0, 0.1) is 0 Å². The number of hydrogen-bond acceptors (Lipinski definition) is 0. The van der Waals surface area contributed by atoms with Crippen molar-refractivity contribution < 1.29 is 0 Å². The first kappa shape index (κ1) is 8.14. The lowest BCUT2D eigenvalue weighted by molar-refractivity contribution is 1.46. The predicted molar refractivity (Wildman–Crippen MR) is 59.5 cm³/mol. The highest BCUT2D eigenvalue weighted by atomic mass is 79.9. The number of halogens is 1. The van der Waals surface area contributed by atoms with Gasteiger partial charge >= 0.3 is 0 Å². The second kappa shape index (κ2) is 3.11. The summed E-state index contributed by atoms with van der Waals surface area (Å²) < 4.78 is 0. The zero-order valence-corrected chi connectivity index (χ0v) is 8.88. The van der Waals surface area contributed by atoms with Gasteiger partial charge in [-0.3, -0.25) is 0 Å². The van der Waals surface area contributed by atoms with Crippen molar-refractivity contribution in [3.05, 3.63) is 53.3 Å². The maximum absolute atomic E-state index is 3.76. The molecule has 0 aromatic heterocycles. The molecule has 0 fully saturated rings. The molecule has 0 N–H and O–H groups in total. The first-order chi connectivity index (χ1) is 5.81. The van der Waals surface area contributed by atoms with Crippen LogP contribution in [0.2, 0.25) is 0 Å². The molecule has 0 saturated heterocycles. The van der Waals surface area contributed by atoms with Crippen molar-refractivity contribution in [3.8, 4) is 0 Å². The molecular formula is C10H9BrS. The third-order valence-electron chi connectivity index (χ3n) is 1.77. The van der Waals surface area contributed by atoms with Crippen LogP contribution in [-0.4, -0.2) is 0 Å². The molecule has 1 heterocycles. The molecule has 0 amide bonds. The third-order valence-corrected chi connectivity index (χ3v) is 6.29. The lowest BCUT2D eigenvalue weighted by Crippen LogP contribution is -1.80. The van der Waals surface area contributed by atoms with Crippen molar-refractivity contribution in [2.75, 3.05) is 0 Å². The van der Waals surface area contributed by atoms with Gasteiger partial charge in [0.25, 0.3) is 0 Å². The van der Waals surface area contributed by atoms with E-state index in [2.05, 4.69) is 62.0 Å². The van der Waals surface area contributed by atoms with Crippen LogP contribution >= 0.6 is 23.3 Å². The Bertz CT molecular complexity index is 315. The number of hydrogen-bond donors (Lipinski definition) is 0. The smallest absolute Gasteiger partial charge is 0.00671 e. The van der Waals surface area contributed by atoms with Gasteiger partial charge in [0.05, 0.1) is 0 Å². The fourth-order valence-corrected chi connectivity index (χ4v) is 4.16. The second-order valence-electron chi connectivity index (χ2n) is 2.60.